The number of hydrogen-bond donors (Lipinski definition) is 4. The third-order valence-electron chi connectivity index (χ3n) is 14.4. The first-order valence-corrected chi connectivity index (χ1v) is 27.4. The predicted octanol–water partition coefficient (Wildman–Crippen LogP) is 16.3. The van der Waals surface area contributed by atoms with E-state index < -0.39 is 19.7 Å². The van der Waals surface area contributed by atoms with Crippen molar-refractivity contribution >= 4 is 68.5 Å². The average Bonchev–Trinajstić information content (AvgIpc) is 1.31. The molecule has 2 aromatic heterocycles. The number of azo groups is 4. The lowest BCUT2D eigenvalue weighted by atomic mass is 9.91. The van der Waals surface area contributed by atoms with E-state index in [-0.39, 0.29) is 119 Å². The number of rotatable bonds is 18. The van der Waals surface area contributed by atoms with Gasteiger partial charge in [0.15, 0.2) is 11.4 Å². The van der Waals surface area contributed by atoms with Gasteiger partial charge in [0.25, 0.3) is 22.7 Å². The second-order valence-corrected chi connectivity index (χ2v) is 20.6. The molecule has 0 unspecified atom stereocenters. The maximum absolute atomic E-state index is 12.5. The van der Waals surface area contributed by atoms with Crippen molar-refractivity contribution in [3.63, 3.8) is 0 Å². The standard InChI is InChI=1S/C62H48N16O12/c1-35-55(69-65-47-11-5-13-53(31-47)77(85)86)61(71-63-35)73-67-49-27-43-23-39-7-3-9-41(59(39)89-33-37-15-19-51(20-16-37)75(81)82)25-45-29-50(68-74-62-56(36(2)64-72-62)70-66-48-12-6-14-54(32-48)78(87)88)30-46(58(45)80)26-42-10-4-8-40(24-44(28-49)57(43)79)60(42)90-34-38-17-21-52(22-18-38)76(83)84/h3-22,27-32,79-80H,23-26,33-34H2,1-2H3,(H,63,71)(H,64,72). The van der Waals surface area contributed by atoms with E-state index in [1.165, 1.54) is 60.7 Å². The van der Waals surface area contributed by atoms with Crippen LogP contribution in [-0.2, 0) is 38.9 Å². The fraction of sp³-hybridized carbons (Fsp3) is 0.129. The van der Waals surface area contributed by atoms with Gasteiger partial charge in [-0.15, -0.1) is 30.7 Å². The van der Waals surface area contributed by atoms with E-state index in [4.69, 9.17) is 9.47 Å². The molecule has 10 aromatic rings. The summed E-state index contributed by atoms with van der Waals surface area (Å²) in [4.78, 5) is 44.1. The lowest BCUT2D eigenvalue weighted by molar-refractivity contribution is -0.385. The van der Waals surface area contributed by atoms with Gasteiger partial charge in [0, 0.05) is 96.5 Å². The van der Waals surface area contributed by atoms with Gasteiger partial charge in [-0.3, -0.25) is 50.7 Å². The smallest absolute Gasteiger partial charge is 0.271 e. The average molecular weight is 1210 g/mol. The van der Waals surface area contributed by atoms with Crippen molar-refractivity contribution in [2.75, 3.05) is 0 Å². The van der Waals surface area contributed by atoms with Crippen molar-refractivity contribution < 1.29 is 39.4 Å². The van der Waals surface area contributed by atoms with Crippen molar-refractivity contribution in [1.82, 2.24) is 20.4 Å². The molecule has 28 heteroatoms. The molecule has 0 spiro atoms. The van der Waals surface area contributed by atoms with E-state index in [0.717, 1.165) is 0 Å². The second kappa shape index (κ2) is 25.9. The Kier molecular flexibility index (Phi) is 17.0. The van der Waals surface area contributed by atoms with E-state index in [0.29, 0.717) is 78.5 Å². The fourth-order valence-electron chi connectivity index (χ4n) is 9.86. The Balaban J connectivity index is 1.04. The molecular weight excluding hydrogens is 1160 g/mol. The molecule has 0 saturated heterocycles. The number of nitro benzene ring substituents is 4. The number of ether oxygens (including phenoxy) is 2. The van der Waals surface area contributed by atoms with Crippen molar-refractivity contribution in [2.24, 2.45) is 40.9 Å². The lowest BCUT2D eigenvalue weighted by Crippen LogP contribution is -2.06. The molecule has 0 radical (unpaired) electrons. The zero-order valence-corrected chi connectivity index (χ0v) is 47.5. The summed E-state index contributed by atoms with van der Waals surface area (Å²) >= 11 is 0. The van der Waals surface area contributed by atoms with Gasteiger partial charge in [-0.25, -0.2) is 0 Å². The summed E-state index contributed by atoms with van der Waals surface area (Å²) in [5.74, 6) is 0.617. The number of nitrogens with zero attached hydrogens (tertiary/aromatic N) is 14. The Morgan fingerprint density at radius 1 is 0.400 bits per heavy atom. The van der Waals surface area contributed by atoms with Crippen molar-refractivity contribution in [3.05, 3.63) is 265 Å². The predicted molar refractivity (Wildman–Crippen MR) is 325 cm³/mol. The molecular formula is C62H48N16O12. The number of para-hydroxylation sites is 2. The number of H-pyrrole nitrogens is 2. The maximum Gasteiger partial charge on any atom is 0.271 e. The number of aromatic nitrogens is 4. The third-order valence-corrected chi connectivity index (χ3v) is 14.4. The molecule has 0 amide bonds. The number of phenols is 2. The van der Waals surface area contributed by atoms with Gasteiger partial charge in [-0.05, 0) is 108 Å². The number of aromatic amines is 2. The molecule has 0 fully saturated rings. The zero-order chi connectivity index (χ0) is 63.0. The van der Waals surface area contributed by atoms with E-state index in [1.807, 2.05) is 36.4 Å². The Morgan fingerprint density at radius 3 is 1.06 bits per heavy atom. The van der Waals surface area contributed by atoms with Crippen LogP contribution in [0.3, 0.4) is 0 Å². The second-order valence-electron chi connectivity index (χ2n) is 20.6. The summed E-state index contributed by atoms with van der Waals surface area (Å²) in [7, 11) is 0. The largest absolute Gasteiger partial charge is 0.507 e. The summed E-state index contributed by atoms with van der Waals surface area (Å²) in [6.07, 6.45) is 0.0903. The zero-order valence-electron chi connectivity index (χ0n) is 47.5. The molecule has 0 saturated carbocycles. The van der Waals surface area contributed by atoms with Gasteiger partial charge in [-0.2, -0.15) is 20.4 Å². The number of nitro groups is 4. The Morgan fingerprint density at radius 2 is 0.722 bits per heavy atom. The summed E-state index contributed by atoms with van der Waals surface area (Å²) in [5.41, 5.74) is 6.80. The minimum absolute atomic E-state index is 0.0226. The number of non-ortho nitro benzene ring substituents is 4. The van der Waals surface area contributed by atoms with E-state index in [1.54, 1.807) is 74.5 Å². The molecule has 90 heavy (non-hydrogen) atoms. The molecule has 28 nitrogen and oxygen atoms in total. The molecule has 4 N–H and O–H groups in total. The highest BCUT2D eigenvalue weighted by Crippen LogP contribution is 2.43. The summed E-state index contributed by atoms with van der Waals surface area (Å²) in [6.45, 7) is 3.28. The van der Waals surface area contributed by atoms with Gasteiger partial charge in [0.2, 0.25) is 11.6 Å². The van der Waals surface area contributed by atoms with E-state index in [9.17, 15) is 50.7 Å². The number of nitrogens with one attached hydrogen (secondary N) is 2. The number of aromatic hydroxyl groups is 2. The van der Waals surface area contributed by atoms with E-state index >= 15 is 0 Å². The van der Waals surface area contributed by atoms with Crippen LogP contribution in [0, 0.1) is 54.3 Å². The first kappa shape index (κ1) is 59.1. The highest BCUT2D eigenvalue weighted by atomic mass is 16.6. The quantitative estimate of drug-likeness (QED) is 0.0352. The molecule has 1 aliphatic carbocycles. The van der Waals surface area contributed by atoms with Gasteiger partial charge in [0.1, 0.15) is 36.2 Å². The summed E-state index contributed by atoms with van der Waals surface area (Å²) in [5, 5.41) is 121. The van der Waals surface area contributed by atoms with Crippen LogP contribution in [0.5, 0.6) is 23.0 Å². The normalized spacial score (nSPS) is 12.3. The molecule has 0 aliphatic heterocycles. The monoisotopic (exact) mass is 1210 g/mol. The van der Waals surface area contributed by atoms with Crippen molar-refractivity contribution in [1.29, 1.82) is 0 Å². The molecule has 2 heterocycles. The van der Waals surface area contributed by atoms with Crippen LogP contribution in [0.4, 0.5) is 68.5 Å². The molecule has 8 aromatic carbocycles. The Hall–Kier alpha value is -12.6. The van der Waals surface area contributed by atoms with Crippen LogP contribution >= 0.6 is 0 Å². The minimum atomic E-state index is -0.542. The first-order valence-electron chi connectivity index (χ1n) is 27.4. The van der Waals surface area contributed by atoms with Crippen LogP contribution in [-0.4, -0.2) is 50.3 Å². The SMILES string of the molecule is Cc1[nH]nc(N=Nc2cc3c(O)c(c2)Cc2cccc(c2OCc2ccc([N+](=O)[O-])cc2)Cc2cc(N=Nc4n[nH]c(C)c4N=Nc4cccc([N+](=O)[O-])c4)cc(c2O)Cc2cccc(c2OCc2ccc([N+](=O)[O-])cc2)C3)c1N=Nc1cccc([N+](=O)[O-])c1. The number of phenolic OH excluding ortho intramolecular Hbond substituents is 2. The van der Waals surface area contributed by atoms with E-state index in [2.05, 4.69) is 61.3 Å². The van der Waals surface area contributed by atoms with Gasteiger partial charge in [0.05, 0.1) is 53.8 Å². The minimum Gasteiger partial charge on any atom is -0.507 e. The highest BCUT2D eigenvalue weighted by molar-refractivity contribution is 5.64. The number of aryl methyl sites for hydroxylation is 2. The van der Waals surface area contributed by atoms with Crippen LogP contribution < -0.4 is 9.47 Å². The maximum atomic E-state index is 12.5. The molecule has 8 bridgehead atoms. The topological polar surface area (TPSA) is 388 Å². The number of hydrogen-bond acceptors (Lipinski definition) is 22. The van der Waals surface area contributed by atoms with Crippen LogP contribution in [0.1, 0.15) is 67.0 Å². The van der Waals surface area contributed by atoms with Crippen LogP contribution in [0.15, 0.2) is 199 Å². The number of benzene rings is 8. The summed E-state index contributed by atoms with van der Waals surface area (Å²) < 4.78 is 13.4. The van der Waals surface area contributed by atoms with Gasteiger partial charge in [-0.1, -0.05) is 48.5 Å². The third kappa shape index (κ3) is 13.6. The number of fused-ring (bicyclic) bond motifs is 8. The highest BCUT2D eigenvalue weighted by Gasteiger charge is 2.24. The van der Waals surface area contributed by atoms with Gasteiger partial charge < -0.3 is 19.7 Å². The van der Waals surface area contributed by atoms with Crippen molar-refractivity contribution in [3.8, 4) is 23.0 Å². The molecule has 11 rings (SSSR count). The Labute approximate surface area is 508 Å². The molecule has 0 atom stereocenters. The van der Waals surface area contributed by atoms with Crippen molar-refractivity contribution in [2.45, 2.75) is 52.7 Å². The Bertz CT molecular complexity index is 4200. The van der Waals surface area contributed by atoms with Crippen LogP contribution in [0.2, 0.25) is 0 Å². The molecule has 1 aliphatic rings. The van der Waals surface area contributed by atoms with Crippen LogP contribution in [0.25, 0.3) is 0 Å². The van der Waals surface area contributed by atoms with Gasteiger partial charge >= 0.3 is 0 Å². The fourth-order valence-corrected chi connectivity index (χ4v) is 9.86. The molecule has 448 valence electrons. The first-order chi connectivity index (χ1) is 43.5. The lowest BCUT2D eigenvalue weighted by Gasteiger charge is -2.21. The summed E-state index contributed by atoms with van der Waals surface area (Å²) in [6, 6.07) is 40.6.